The van der Waals surface area contributed by atoms with Gasteiger partial charge in [0.1, 0.15) is 17.4 Å². The number of hydrogen-bond acceptors (Lipinski definition) is 7. The van der Waals surface area contributed by atoms with Gasteiger partial charge in [-0.15, -0.1) is 0 Å². The van der Waals surface area contributed by atoms with Crippen molar-refractivity contribution in [1.29, 1.82) is 0 Å². The van der Waals surface area contributed by atoms with Crippen molar-refractivity contribution in [2.45, 2.75) is 116 Å². The molecule has 3 N–H and O–H groups in total. The highest BCUT2D eigenvalue weighted by Crippen LogP contribution is 2.50. The third-order valence-electron chi connectivity index (χ3n) is 9.88. The minimum Gasteiger partial charge on any atom is -0.481 e. The zero-order valence-electron chi connectivity index (χ0n) is 24.4. The van der Waals surface area contributed by atoms with E-state index >= 15 is 0 Å². The Morgan fingerprint density at radius 3 is 2.29 bits per heavy atom. The Morgan fingerprint density at radius 1 is 0.951 bits per heavy atom. The fourth-order valence-corrected chi connectivity index (χ4v) is 8.06. The lowest BCUT2D eigenvalue weighted by molar-refractivity contribution is -0.155. The number of aryl methyl sites for hydroxylation is 1. The molecule has 11 heteroatoms. The number of carboxylic acid groups (broad SMARTS) is 1. The van der Waals surface area contributed by atoms with Crippen LogP contribution in [0.1, 0.15) is 96.7 Å². The summed E-state index contributed by atoms with van der Waals surface area (Å²) in [5.41, 5.74) is 0.353. The topological polar surface area (TPSA) is 157 Å². The average Bonchev–Trinajstić information content (AvgIpc) is 3.63. The van der Waals surface area contributed by atoms with Gasteiger partial charge in [-0.1, -0.05) is 13.8 Å². The van der Waals surface area contributed by atoms with E-state index in [2.05, 4.69) is 4.98 Å². The lowest BCUT2D eigenvalue weighted by Gasteiger charge is -2.29. The molecule has 4 aliphatic rings. The molecule has 8 atom stereocenters. The molecule has 8 unspecified atom stereocenters. The van der Waals surface area contributed by atoms with Gasteiger partial charge in [-0.25, -0.2) is 9.78 Å². The number of fused-ring (bicyclic) bond motifs is 5. The van der Waals surface area contributed by atoms with Crippen LogP contribution in [0.4, 0.5) is 0 Å². The Balaban J connectivity index is 0.000000191. The number of H-pyrrole nitrogens is 1. The molecule has 0 amide bonds. The second-order valence-corrected chi connectivity index (χ2v) is 12.6. The maximum atomic E-state index is 12.8. The highest BCUT2D eigenvalue weighted by molar-refractivity contribution is 5.71. The summed E-state index contributed by atoms with van der Waals surface area (Å²) in [7, 11) is 0. The van der Waals surface area contributed by atoms with Gasteiger partial charge in [0, 0.05) is 31.8 Å². The number of aliphatic hydroxyl groups is 1. The summed E-state index contributed by atoms with van der Waals surface area (Å²) < 4.78 is 8.15. The number of hydrogen-bond donors (Lipinski definition) is 3. The first-order valence-corrected chi connectivity index (χ1v) is 15.4. The van der Waals surface area contributed by atoms with Gasteiger partial charge < -0.3 is 19.9 Å². The van der Waals surface area contributed by atoms with Crippen molar-refractivity contribution in [2.24, 2.45) is 29.6 Å². The molecule has 0 aromatic carbocycles. The number of nitrogens with one attached hydrogen (secondary N) is 1. The highest BCUT2D eigenvalue weighted by Gasteiger charge is 2.47. The Labute approximate surface area is 239 Å². The molecule has 41 heavy (non-hydrogen) atoms. The fourth-order valence-electron chi connectivity index (χ4n) is 8.06. The van der Waals surface area contributed by atoms with Gasteiger partial charge in [0.05, 0.1) is 12.0 Å². The number of aliphatic hydroxyl groups excluding tert-OH is 1. The van der Waals surface area contributed by atoms with Gasteiger partial charge in [-0.05, 0) is 82.0 Å². The van der Waals surface area contributed by atoms with Crippen molar-refractivity contribution in [1.82, 2.24) is 19.1 Å². The molecule has 2 aromatic rings. The van der Waals surface area contributed by atoms with Crippen LogP contribution in [0.15, 0.2) is 9.59 Å². The van der Waals surface area contributed by atoms with Gasteiger partial charge >= 0.3 is 17.6 Å². The molecule has 4 fully saturated rings. The molecule has 6 rings (SSSR count). The summed E-state index contributed by atoms with van der Waals surface area (Å²) in [5.74, 6) is 0.999. The molecule has 11 nitrogen and oxygen atoms in total. The first-order chi connectivity index (χ1) is 19.6. The van der Waals surface area contributed by atoms with Gasteiger partial charge in [0.2, 0.25) is 0 Å². The second-order valence-electron chi connectivity index (χ2n) is 12.6. The maximum Gasteiger partial charge on any atom is 0.332 e. The first-order valence-electron chi connectivity index (χ1n) is 15.4. The minimum absolute atomic E-state index is 0.0464. The third kappa shape index (κ3) is 5.74. The van der Waals surface area contributed by atoms with Crippen LogP contribution >= 0.6 is 0 Å². The van der Waals surface area contributed by atoms with Crippen LogP contribution in [-0.2, 0) is 27.4 Å². The molecule has 2 heterocycles. The summed E-state index contributed by atoms with van der Waals surface area (Å²) in [6, 6.07) is 0. The second kappa shape index (κ2) is 12.1. The van der Waals surface area contributed by atoms with E-state index in [-0.39, 0.29) is 53.1 Å². The van der Waals surface area contributed by atoms with Crippen LogP contribution in [-0.4, -0.2) is 53.5 Å². The normalized spacial score (nSPS) is 32.0. The highest BCUT2D eigenvalue weighted by atomic mass is 16.5. The Morgan fingerprint density at radius 2 is 1.61 bits per heavy atom. The number of aromatic nitrogens is 4. The summed E-state index contributed by atoms with van der Waals surface area (Å²) in [6.07, 6.45) is 8.54. The van der Waals surface area contributed by atoms with E-state index in [0.29, 0.717) is 36.1 Å². The molecule has 0 saturated heterocycles. The van der Waals surface area contributed by atoms with E-state index < -0.39 is 5.97 Å². The summed E-state index contributed by atoms with van der Waals surface area (Å²) in [5, 5.41) is 19.5. The molecule has 4 bridgehead atoms. The van der Waals surface area contributed by atoms with E-state index in [9.17, 15) is 24.3 Å². The molecular formula is C30H44N4O7. The number of carbonyl (C=O) groups is 2. The molecule has 4 aliphatic carbocycles. The van der Waals surface area contributed by atoms with E-state index in [4.69, 9.17) is 14.8 Å². The van der Waals surface area contributed by atoms with Crippen molar-refractivity contribution in [3.8, 4) is 0 Å². The Hall–Kier alpha value is -2.95. The largest absolute Gasteiger partial charge is 0.481 e. The number of nitrogens with zero attached hydrogens (tertiary/aromatic N) is 3. The van der Waals surface area contributed by atoms with Gasteiger partial charge in [-0.2, -0.15) is 0 Å². The SMILES string of the molecule is CC(=O)OC1CCC2CC(C(=O)O)C1C2.CCCn1c(=O)c2[nH]c(C3CC4CCC(O)C3C4)nc2n(CCC)c1=O. The molecule has 226 valence electrons. The van der Waals surface area contributed by atoms with Crippen LogP contribution in [0, 0.1) is 29.6 Å². The van der Waals surface area contributed by atoms with Gasteiger partial charge in [-0.3, -0.25) is 23.5 Å². The fraction of sp³-hybridized carbons (Fsp3) is 0.767. The predicted molar refractivity (Wildman–Crippen MR) is 152 cm³/mol. The number of carboxylic acids is 1. The quantitative estimate of drug-likeness (QED) is 0.426. The minimum atomic E-state index is -0.735. The average molecular weight is 573 g/mol. The van der Waals surface area contributed by atoms with Crippen LogP contribution in [0.3, 0.4) is 0 Å². The van der Waals surface area contributed by atoms with E-state index in [1.165, 1.54) is 11.5 Å². The molecular weight excluding hydrogens is 528 g/mol. The number of carbonyl (C=O) groups excluding carboxylic acids is 1. The smallest absolute Gasteiger partial charge is 0.332 e. The lowest BCUT2D eigenvalue weighted by Crippen LogP contribution is -2.40. The van der Waals surface area contributed by atoms with E-state index in [1.54, 1.807) is 4.57 Å². The number of rotatable bonds is 7. The van der Waals surface area contributed by atoms with Crippen molar-refractivity contribution < 1.29 is 24.5 Å². The van der Waals surface area contributed by atoms with Gasteiger partial charge in [0.15, 0.2) is 5.65 Å². The lowest BCUT2D eigenvalue weighted by atomic mass is 9.84. The number of ether oxygens (including phenoxy) is 1. The van der Waals surface area contributed by atoms with Crippen LogP contribution in [0.25, 0.3) is 11.2 Å². The molecule has 2 aromatic heterocycles. The van der Waals surface area contributed by atoms with Crippen molar-refractivity contribution >= 4 is 23.1 Å². The third-order valence-corrected chi connectivity index (χ3v) is 9.88. The Bertz CT molecular complexity index is 1390. The first kappa shape index (κ1) is 29.5. The molecule has 0 radical (unpaired) electrons. The maximum absolute atomic E-state index is 12.8. The molecule has 0 aliphatic heterocycles. The number of imidazole rings is 1. The molecule has 0 spiro atoms. The van der Waals surface area contributed by atoms with Gasteiger partial charge in [0.25, 0.3) is 5.56 Å². The van der Waals surface area contributed by atoms with Crippen LogP contribution in [0.5, 0.6) is 0 Å². The standard InChI is InChI=1S/C19H28N4O3.C11H16O4/c1-3-7-22-17-15(18(25)23(8-4-2)19(22)26)20-16(21-17)13-10-11-5-6-14(24)12(13)9-11;1-6(12)15-10-3-2-7-4-8(10)9(5-7)11(13)14/h11-14,24H,3-10H2,1-2H3,(H,20,21);7-10H,2-5H2,1H3,(H,13,14). The van der Waals surface area contributed by atoms with Crippen LogP contribution < -0.4 is 11.2 Å². The number of esters is 1. The predicted octanol–water partition coefficient (Wildman–Crippen LogP) is 3.41. The number of aliphatic carboxylic acids is 1. The Kier molecular flexibility index (Phi) is 8.73. The van der Waals surface area contributed by atoms with Crippen molar-refractivity contribution in [3.05, 3.63) is 26.7 Å². The van der Waals surface area contributed by atoms with E-state index in [1.807, 2.05) is 13.8 Å². The van der Waals surface area contributed by atoms with E-state index in [0.717, 1.165) is 70.0 Å². The van der Waals surface area contributed by atoms with Crippen molar-refractivity contribution in [3.63, 3.8) is 0 Å². The van der Waals surface area contributed by atoms with Crippen molar-refractivity contribution in [2.75, 3.05) is 0 Å². The summed E-state index contributed by atoms with van der Waals surface area (Å²) >= 11 is 0. The number of aromatic amines is 1. The molecule has 4 saturated carbocycles. The zero-order chi connectivity index (χ0) is 29.4. The van der Waals surface area contributed by atoms with Crippen LogP contribution in [0.2, 0.25) is 0 Å². The summed E-state index contributed by atoms with van der Waals surface area (Å²) in [4.78, 5) is 55.5. The monoisotopic (exact) mass is 572 g/mol. The zero-order valence-corrected chi connectivity index (χ0v) is 24.4. The summed E-state index contributed by atoms with van der Waals surface area (Å²) in [6.45, 7) is 6.31.